The lowest BCUT2D eigenvalue weighted by Crippen LogP contribution is -2.37. The van der Waals surface area contributed by atoms with Crippen LogP contribution in [-0.4, -0.2) is 9.21 Å². The van der Waals surface area contributed by atoms with Crippen molar-refractivity contribution in [2.45, 2.75) is 9.21 Å². The molecule has 0 unspecified atom stereocenters. The molecule has 0 fully saturated rings. The van der Waals surface area contributed by atoms with E-state index < -0.39 is 15.1 Å². The van der Waals surface area contributed by atoms with E-state index in [2.05, 4.69) is 0 Å². The van der Waals surface area contributed by atoms with E-state index in [9.17, 15) is 0 Å². The molecule has 0 saturated carbocycles. The second kappa shape index (κ2) is 5.69. The molecular weight excluding hydrogens is 405 g/mol. The van der Waals surface area contributed by atoms with Crippen LogP contribution in [0, 0.1) is 5.92 Å². The average molecular weight is 417 g/mol. The average Bonchev–Trinajstić information content (AvgIpc) is 2.86. The van der Waals surface area contributed by atoms with Crippen LogP contribution in [0.2, 0.25) is 0 Å². The molecule has 0 amide bonds. The zero-order valence-corrected chi connectivity index (χ0v) is 16.0. The molecule has 5 heteroatoms. The molecule has 0 aromatic heterocycles. The number of hydrogen-bond donors (Lipinski definition) is 0. The van der Waals surface area contributed by atoms with Crippen molar-refractivity contribution in [1.29, 1.82) is 0 Å². The van der Waals surface area contributed by atoms with Crippen LogP contribution >= 0.6 is 58.0 Å². The maximum atomic E-state index is 6.98. The number of rotatable bonds is 2. The van der Waals surface area contributed by atoms with Crippen molar-refractivity contribution in [1.82, 2.24) is 0 Å². The first-order valence-corrected chi connectivity index (χ1v) is 9.27. The lowest BCUT2D eigenvalue weighted by Gasteiger charge is -2.31. The maximum absolute atomic E-state index is 6.98. The lowest BCUT2D eigenvalue weighted by atomic mass is 9.87. The second-order valence-corrected chi connectivity index (χ2v) is 8.64. The number of hydrogen-bond acceptors (Lipinski definition) is 0. The summed E-state index contributed by atoms with van der Waals surface area (Å²) >= 11 is 33.4. The summed E-state index contributed by atoms with van der Waals surface area (Å²) in [6, 6.07) is 19.7. The highest BCUT2D eigenvalue weighted by Gasteiger charge is 2.70. The molecule has 0 aliphatic heterocycles. The van der Waals surface area contributed by atoms with Gasteiger partial charge in [-0.2, -0.15) is 0 Å². The number of fused-ring (bicyclic) bond motifs is 2. The maximum Gasteiger partial charge on any atom is 0.158 e. The van der Waals surface area contributed by atoms with Crippen LogP contribution in [0.3, 0.4) is 0 Å². The Balaban J connectivity index is 2.07. The predicted octanol–water partition coefficient (Wildman–Crippen LogP) is 7.08. The molecule has 0 heterocycles. The number of halogens is 5. The van der Waals surface area contributed by atoms with E-state index >= 15 is 0 Å². The number of benzene rings is 2. The standard InChI is InChI=1S/C19H11Cl5/c20-16-15-13(11-7-3-1-4-8-11)14(12-9-5-2-6-10-12)18(22,17(16)21)19(15,23)24/h1-10,15H/t15-,18+/m0/s1. The van der Waals surface area contributed by atoms with Crippen molar-refractivity contribution in [2.75, 3.05) is 0 Å². The summed E-state index contributed by atoms with van der Waals surface area (Å²) in [5, 5.41) is 0.717. The van der Waals surface area contributed by atoms with Crippen molar-refractivity contribution in [2.24, 2.45) is 5.92 Å². The monoisotopic (exact) mass is 414 g/mol. The van der Waals surface area contributed by atoms with Gasteiger partial charge in [-0.1, -0.05) is 107 Å². The molecule has 2 aliphatic carbocycles. The van der Waals surface area contributed by atoms with Crippen LogP contribution in [-0.2, 0) is 0 Å². The Morgan fingerprint density at radius 2 is 1.21 bits per heavy atom. The summed E-state index contributed by atoms with van der Waals surface area (Å²) in [4.78, 5) is -1.27. The quantitative estimate of drug-likeness (QED) is 0.459. The van der Waals surface area contributed by atoms with Crippen LogP contribution in [0.4, 0.5) is 0 Å². The van der Waals surface area contributed by atoms with Crippen LogP contribution in [0.1, 0.15) is 11.1 Å². The number of alkyl halides is 3. The van der Waals surface area contributed by atoms with Crippen molar-refractivity contribution in [3.63, 3.8) is 0 Å². The Hall–Kier alpha value is -0.630. The van der Waals surface area contributed by atoms with E-state index in [1.54, 1.807) is 0 Å². The Bertz CT molecular complexity index is 867. The summed E-state index contributed by atoms with van der Waals surface area (Å²) in [6.45, 7) is 0. The minimum Gasteiger partial charge on any atom is -0.104 e. The summed E-state index contributed by atoms with van der Waals surface area (Å²) < 4.78 is -1.35. The van der Waals surface area contributed by atoms with E-state index in [1.165, 1.54) is 0 Å². The first-order valence-electron chi connectivity index (χ1n) is 7.38. The van der Waals surface area contributed by atoms with Gasteiger partial charge < -0.3 is 0 Å². The first kappa shape index (κ1) is 16.8. The minimum absolute atomic E-state index is 0.305. The van der Waals surface area contributed by atoms with E-state index in [4.69, 9.17) is 58.0 Å². The lowest BCUT2D eigenvalue weighted by molar-refractivity contribution is 0.704. The highest BCUT2D eigenvalue weighted by atomic mass is 35.5. The fourth-order valence-electron chi connectivity index (χ4n) is 3.60. The highest BCUT2D eigenvalue weighted by molar-refractivity contribution is 6.64. The van der Waals surface area contributed by atoms with Gasteiger partial charge in [-0.15, -0.1) is 11.6 Å². The first-order chi connectivity index (χ1) is 11.4. The predicted molar refractivity (Wildman–Crippen MR) is 105 cm³/mol. The van der Waals surface area contributed by atoms with Crippen LogP contribution in [0.15, 0.2) is 70.7 Å². The van der Waals surface area contributed by atoms with Crippen molar-refractivity contribution >= 4 is 69.2 Å². The molecule has 122 valence electrons. The molecule has 0 radical (unpaired) electrons. The van der Waals surface area contributed by atoms with E-state index in [0.29, 0.717) is 10.1 Å². The second-order valence-electron chi connectivity index (χ2n) is 5.90. The fraction of sp³-hybridized carbons (Fsp3) is 0.158. The van der Waals surface area contributed by atoms with Crippen LogP contribution in [0.5, 0.6) is 0 Å². The molecule has 24 heavy (non-hydrogen) atoms. The molecule has 0 spiro atoms. The third-order valence-electron chi connectivity index (χ3n) is 4.64. The Morgan fingerprint density at radius 1 is 0.708 bits per heavy atom. The van der Waals surface area contributed by atoms with Gasteiger partial charge in [0.2, 0.25) is 0 Å². The van der Waals surface area contributed by atoms with E-state index in [0.717, 1.165) is 22.3 Å². The molecule has 0 saturated heterocycles. The van der Waals surface area contributed by atoms with Gasteiger partial charge in [0, 0.05) is 5.03 Å². The van der Waals surface area contributed by atoms with Gasteiger partial charge >= 0.3 is 0 Å². The zero-order chi connectivity index (χ0) is 17.1. The smallest absolute Gasteiger partial charge is 0.104 e. The summed E-state index contributed by atoms with van der Waals surface area (Å²) in [6.07, 6.45) is 0. The topological polar surface area (TPSA) is 0 Å². The van der Waals surface area contributed by atoms with Gasteiger partial charge in [-0.3, -0.25) is 0 Å². The van der Waals surface area contributed by atoms with Crippen LogP contribution in [0.25, 0.3) is 11.1 Å². The third-order valence-corrected chi connectivity index (χ3v) is 7.60. The Labute approximate surface area is 165 Å². The van der Waals surface area contributed by atoms with Crippen molar-refractivity contribution in [3.8, 4) is 0 Å². The molecule has 2 atom stereocenters. The van der Waals surface area contributed by atoms with Gasteiger partial charge in [-0.25, -0.2) is 0 Å². The number of allylic oxidation sites excluding steroid dienone is 4. The van der Waals surface area contributed by atoms with Crippen molar-refractivity contribution < 1.29 is 0 Å². The molecule has 2 bridgehead atoms. The Morgan fingerprint density at radius 3 is 1.75 bits per heavy atom. The van der Waals surface area contributed by atoms with Gasteiger partial charge in [-0.05, 0) is 22.3 Å². The summed E-state index contributed by atoms with van der Waals surface area (Å²) in [5.41, 5.74) is 3.66. The van der Waals surface area contributed by atoms with Gasteiger partial charge in [0.05, 0.1) is 11.0 Å². The van der Waals surface area contributed by atoms with Gasteiger partial charge in [0.1, 0.15) is 4.87 Å². The SMILES string of the molecule is ClC1=C(Cl)[C@]2(Cl)C(c3ccccc3)=C(c3ccccc3)[C@@H]1C2(Cl)Cl. The molecule has 4 rings (SSSR count). The Kier molecular flexibility index (Phi) is 3.99. The third kappa shape index (κ3) is 2.01. The minimum atomic E-state index is -1.35. The summed E-state index contributed by atoms with van der Waals surface area (Å²) in [7, 11) is 0. The molecule has 2 aliphatic rings. The summed E-state index contributed by atoms with van der Waals surface area (Å²) in [5.74, 6) is -0.467. The van der Waals surface area contributed by atoms with E-state index in [-0.39, 0.29) is 0 Å². The van der Waals surface area contributed by atoms with Crippen LogP contribution < -0.4 is 0 Å². The zero-order valence-electron chi connectivity index (χ0n) is 12.2. The molecule has 2 aromatic carbocycles. The normalized spacial score (nSPS) is 28.0. The molecular formula is C19H11Cl5. The van der Waals surface area contributed by atoms with Gasteiger partial charge in [0.15, 0.2) is 4.33 Å². The largest absolute Gasteiger partial charge is 0.158 e. The van der Waals surface area contributed by atoms with Crippen molar-refractivity contribution in [3.05, 3.63) is 81.9 Å². The highest BCUT2D eigenvalue weighted by Crippen LogP contribution is 2.73. The van der Waals surface area contributed by atoms with E-state index in [1.807, 2.05) is 60.7 Å². The molecule has 0 N–H and O–H groups in total. The molecule has 2 aromatic rings. The fourth-order valence-corrected chi connectivity index (χ4v) is 5.86. The molecule has 0 nitrogen and oxygen atoms in total. The van der Waals surface area contributed by atoms with Gasteiger partial charge in [0.25, 0.3) is 0 Å².